The van der Waals surface area contributed by atoms with E-state index in [-0.39, 0.29) is 0 Å². The Bertz CT molecular complexity index is 971. The fourth-order valence-electron chi connectivity index (χ4n) is 3.47. The third kappa shape index (κ3) is 2.88. The maximum Gasteiger partial charge on any atom is 0.335 e. The van der Waals surface area contributed by atoms with Gasteiger partial charge in [-0.3, -0.25) is 0 Å². The molecule has 1 heterocycles. The average Bonchev–Trinajstić information content (AvgIpc) is 2.79. The minimum atomic E-state index is -0.885. The number of fused-ring (bicyclic) bond motifs is 2. The molecule has 0 aromatic heterocycles. The van der Waals surface area contributed by atoms with Gasteiger partial charge in [-0.1, -0.05) is 60.7 Å². The highest BCUT2D eigenvalue weighted by atomic mass is 16.4. The zero-order chi connectivity index (χ0) is 18.1. The third-order valence-corrected chi connectivity index (χ3v) is 4.76. The molecule has 0 aliphatic carbocycles. The maximum atomic E-state index is 11.3. The zero-order valence-electron chi connectivity index (χ0n) is 14.5. The maximum absolute atomic E-state index is 11.3. The molecule has 4 rings (SSSR count). The average molecular weight is 341 g/mol. The summed E-state index contributed by atoms with van der Waals surface area (Å²) < 4.78 is 0. The van der Waals surface area contributed by atoms with Gasteiger partial charge in [0.05, 0.1) is 5.56 Å². The van der Waals surface area contributed by atoms with E-state index in [1.807, 2.05) is 43.3 Å². The first kappa shape index (κ1) is 16.2. The first-order valence-corrected chi connectivity index (χ1v) is 8.60. The van der Waals surface area contributed by atoms with E-state index >= 15 is 0 Å². The molecule has 3 aromatic carbocycles. The van der Waals surface area contributed by atoms with Gasteiger partial charge in [0.15, 0.2) is 0 Å². The lowest BCUT2D eigenvalue weighted by Crippen LogP contribution is -2.18. The Balaban J connectivity index is 1.80. The smallest absolute Gasteiger partial charge is 0.335 e. The highest BCUT2D eigenvalue weighted by molar-refractivity contribution is 5.90. The lowest BCUT2D eigenvalue weighted by molar-refractivity contribution is 0.0696. The van der Waals surface area contributed by atoms with Gasteiger partial charge < -0.3 is 10.0 Å². The fourth-order valence-corrected chi connectivity index (χ4v) is 3.47. The van der Waals surface area contributed by atoms with Crippen molar-refractivity contribution in [3.63, 3.8) is 0 Å². The topological polar surface area (TPSA) is 40.5 Å². The van der Waals surface area contributed by atoms with Crippen LogP contribution in [0.5, 0.6) is 0 Å². The van der Waals surface area contributed by atoms with Crippen molar-refractivity contribution in [2.75, 3.05) is 4.90 Å². The Morgan fingerprint density at radius 2 is 1.46 bits per heavy atom. The molecule has 26 heavy (non-hydrogen) atoms. The predicted molar refractivity (Wildman–Crippen MR) is 106 cm³/mol. The van der Waals surface area contributed by atoms with Crippen molar-refractivity contribution >= 4 is 29.5 Å². The summed E-state index contributed by atoms with van der Waals surface area (Å²) in [5, 5.41) is 9.26. The lowest BCUT2D eigenvalue weighted by Gasteiger charge is -2.27. The van der Waals surface area contributed by atoms with Crippen molar-refractivity contribution in [2.24, 2.45) is 0 Å². The van der Waals surface area contributed by atoms with Crippen molar-refractivity contribution < 1.29 is 9.90 Å². The molecule has 1 aliphatic heterocycles. The Labute approximate surface area is 152 Å². The van der Waals surface area contributed by atoms with E-state index in [1.165, 1.54) is 11.1 Å². The molecule has 0 spiro atoms. The van der Waals surface area contributed by atoms with E-state index in [0.29, 0.717) is 12.1 Å². The minimum absolute atomic E-state index is 0.354. The van der Waals surface area contributed by atoms with E-state index in [1.54, 1.807) is 6.07 Å². The van der Waals surface area contributed by atoms with E-state index in [0.717, 1.165) is 22.5 Å². The Kier molecular flexibility index (Phi) is 4.05. The number of carboxylic acids is 1. The van der Waals surface area contributed by atoms with E-state index in [9.17, 15) is 9.90 Å². The first-order valence-electron chi connectivity index (χ1n) is 8.60. The number of rotatable bonds is 3. The zero-order valence-corrected chi connectivity index (χ0v) is 14.5. The predicted octanol–water partition coefficient (Wildman–Crippen LogP) is 5.52. The van der Waals surface area contributed by atoms with Crippen LogP contribution >= 0.6 is 0 Å². The molecule has 3 nitrogen and oxygen atoms in total. The Morgan fingerprint density at radius 1 is 0.885 bits per heavy atom. The summed E-state index contributed by atoms with van der Waals surface area (Å²) in [6.45, 7) is 2.52. The molecule has 0 unspecified atom stereocenters. The van der Waals surface area contributed by atoms with Gasteiger partial charge in [-0.2, -0.15) is 0 Å². The number of para-hydroxylation sites is 2. The summed E-state index contributed by atoms with van der Waals surface area (Å²) in [4.78, 5) is 13.6. The molecular weight excluding hydrogens is 322 g/mol. The fraction of sp³-hybridized carbons (Fsp3) is 0.0870. The van der Waals surface area contributed by atoms with Crippen LogP contribution in [-0.4, -0.2) is 11.1 Å². The van der Waals surface area contributed by atoms with Gasteiger partial charge in [0.2, 0.25) is 0 Å². The van der Waals surface area contributed by atoms with Gasteiger partial charge in [0.1, 0.15) is 0 Å². The number of aromatic carboxylic acids is 1. The van der Waals surface area contributed by atoms with Crippen LogP contribution in [0.2, 0.25) is 0 Å². The molecule has 128 valence electrons. The summed E-state index contributed by atoms with van der Waals surface area (Å²) in [7, 11) is 0. The van der Waals surface area contributed by atoms with E-state index < -0.39 is 5.97 Å². The number of anilines is 2. The molecule has 3 aromatic rings. The second-order valence-electron chi connectivity index (χ2n) is 6.49. The molecule has 0 bridgehead atoms. The van der Waals surface area contributed by atoms with Crippen molar-refractivity contribution in [2.45, 2.75) is 13.5 Å². The molecule has 1 N–H and O–H groups in total. The van der Waals surface area contributed by atoms with Gasteiger partial charge in [0, 0.05) is 17.9 Å². The first-order chi connectivity index (χ1) is 12.6. The minimum Gasteiger partial charge on any atom is -0.478 e. The van der Waals surface area contributed by atoms with Gasteiger partial charge in [-0.05, 0) is 47.4 Å². The summed E-state index contributed by atoms with van der Waals surface area (Å²) >= 11 is 0. The van der Waals surface area contributed by atoms with Gasteiger partial charge in [0.25, 0.3) is 0 Å². The van der Waals surface area contributed by atoms with Crippen LogP contribution in [0.25, 0.3) is 12.2 Å². The summed E-state index contributed by atoms with van der Waals surface area (Å²) in [6.07, 6.45) is 4.29. The summed E-state index contributed by atoms with van der Waals surface area (Å²) in [5.74, 6) is -0.885. The second-order valence-corrected chi connectivity index (χ2v) is 6.49. The summed E-state index contributed by atoms with van der Waals surface area (Å²) in [6, 6.07) is 22.2. The third-order valence-electron chi connectivity index (χ3n) is 4.76. The molecule has 3 heteroatoms. The highest BCUT2D eigenvalue weighted by Gasteiger charge is 2.18. The van der Waals surface area contributed by atoms with Crippen molar-refractivity contribution in [3.05, 3.63) is 94.5 Å². The molecule has 0 saturated heterocycles. The number of aryl methyl sites for hydroxylation is 1. The van der Waals surface area contributed by atoms with Crippen LogP contribution in [0, 0.1) is 6.92 Å². The molecule has 0 fully saturated rings. The molecular formula is C23H19NO2. The number of carbonyl (C=O) groups is 1. The number of hydrogen-bond acceptors (Lipinski definition) is 2. The number of carboxylic acid groups (broad SMARTS) is 1. The van der Waals surface area contributed by atoms with E-state index in [2.05, 4.69) is 41.3 Å². The van der Waals surface area contributed by atoms with Crippen LogP contribution in [0.3, 0.4) is 0 Å². The lowest BCUT2D eigenvalue weighted by atomic mass is 10.0. The monoisotopic (exact) mass is 341 g/mol. The standard InChI is InChI=1S/C23H19NO2/c1-16-14-17(10-13-20(16)23(25)26)15-24-21-8-4-2-6-18(21)11-12-19-7-3-5-9-22(19)24/h2-14H,15H2,1H3,(H,25,26). The van der Waals surface area contributed by atoms with Crippen LogP contribution in [0.1, 0.15) is 32.6 Å². The molecule has 0 saturated carbocycles. The normalized spacial score (nSPS) is 12.3. The summed E-state index contributed by atoms with van der Waals surface area (Å²) in [5.41, 5.74) is 6.85. The molecule has 1 aliphatic rings. The van der Waals surface area contributed by atoms with Gasteiger partial charge in [-0.25, -0.2) is 4.79 Å². The number of benzene rings is 3. The quantitative estimate of drug-likeness (QED) is 0.682. The van der Waals surface area contributed by atoms with Crippen molar-refractivity contribution in [1.29, 1.82) is 0 Å². The molecule has 0 radical (unpaired) electrons. The van der Waals surface area contributed by atoms with Gasteiger partial charge >= 0.3 is 5.97 Å². The van der Waals surface area contributed by atoms with Crippen LogP contribution in [-0.2, 0) is 6.54 Å². The largest absolute Gasteiger partial charge is 0.478 e. The van der Waals surface area contributed by atoms with Crippen LogP contribution < -0.4 is 4.90 Å². The molecule has 0 atom stereocenters. The number of hydrogen-bond donors (Lipinski definition) is 1. The number of nitrogens with zero attached hydrogens (tertiary/aromatic N) is 1. The molecule has 0 amide bonds. The van der Waals surface area contributed by atoms with Gasteiger partial charge in [-0.15, -0.1) is 0 Å². The Hall–Kier alpha value is -3.33. The van der Waals surface area contributed by atoms with Crippen LogP contribution in [0.15, 0.2) is 66.7 Å². The Morgan fingerprint density at radius 3 is 2.00 bits per heavy atom. The van der Waals surface area contributed by atoms with Crippen molar-refractivity contribution in [1.82, 2.24) is 0 Å². The van der Waals surface area contributed by atoms with Crippen molar-refractivity contribution in [3.8, 4) is 0 Å². The van der Waals surface area contributed by atoms with E-state index in [4.69, 9.17) is 0 Å². The highest BCUT2D eigenvalue weighted by Crippen LogP contribution is 2.37. The SMILES string of the molecule is Cc1cc(CN2c3ccccc3C=Cc3ccccc32)ccc1C(=O)O. The van der Waals surface area contributed by atoms with Crippen LogP contribution in [0.4, 0.5) is 11.4 Å². The second kappa shape index (κ2) is 6.52.